The van der Waals surface area contributed by atoms with Crippen molar-refractivity contribution < 1.29 is 4.39 Å². The van der Waals surface area contributed by atoms with Crippen molar-refractivity contribution in [2.75, 3.05) is 13.6 Å². The number of likely N-dealkylation sites (N-methyl/N-ethyl adjacent to an activating group) is 1. The van der Waals surface area contributed by atoms with E-state index in [1.807, 2.05) is 0 Å². The molecular weight excluding hydrogens is 153 g/mol. The van der Waals surface area contributed by atoms with E-state index in [2.05, 4.69) is 13.2 Å². The van der Waals surface area contributed by atoms with Gasteiger partial charge < -0.3 is 0 Å². The highest BCUT2D eigenvalue weighted by Gasteiger charge is 2.21. The predicted molar refractivity (Wildman–Crippen MR) is 49.6 cm³/mol. The SMILES string of the molecule is C=CC1=C(C=C)CN(C)C(F)C1. The molecule has 0 N–H and O–H groups in total. The molecule has 2 heteroatoms. The molecule has 1 rings (SSSR count). The predicted octanol–water partition coefficient (Wildman–Crippen LogP) is 2.29. The van der Waals surface area contributed by atoms with Gasteiger partial charge in [-0.1, -0.05) is 25.3 Å². The van der Waals surface area contributed by atoms with Gasteiger partial charge in [0, 0.05) is 13.0 Å². The van der Waals surface area contributed by atoms with Gasteiger partial charge in [0.25, 0.3) is 0 Å². The maximum absolute atomic E-state index is 13.1. The number of rotatable bonds is 2. The summed E-state index contributed by atoms with van der Waals surface area (Å²) in [4.78, 5) is 1.67. The molecule has 66 valence electrons. The average molecular weight is 167 g/mol. The molecule has 0 fully saturated rings. The van der Waals surface area contributed by atoms with Gasteiger partial charge in [-0.3, -0.25) is 4.90 Å². The van der Waals surface area contributed by atoms with E-state index in [4.69, 9.17) is 0 Å². The summed E-state index contributed by atoms with van der Waals surface area (Å²) in [5.41, 5.74) is 2.07. The Labute approximate surface area is 72.9 Å². The number of hydrogen-bond donors (Lipinski definition) is 0. The third-order valence-electron chi connectivity index (χ3n) is 2.19. The van der Waals surface area contributed by atoms with Gasteiger partial charge >= 0.3 is 0 Å². The fraction of sp³-hybridized carbons (Fsp3) is 0.400. The van der Waals surface area contributed by atoms with Crippen LogP contribution in [0.5, 0.6) is 0 Å². The zero-order valence-electron chi connectivity index (χ0n) is 7.39. The van der Waals surface area contributed by atoms with Crippen LogP contribution in [0.15, 0.2) is 36.5 Å². The van der Waals surface area contributed by atoms with Gasteiger partial charge in [0.05, 0.1) is 0 Å². The van der Waals surface area contributed by atoms with Crippen molar-refractivity contribution >= 4 is 0 Å². The summed E-state index contributed by atoms with van der Waals surface area (Å²) in [7, 11) is 1.77. The minimum absolute atomic E-state index is 0.432. The van der Waals surface area contributed by atoms with Crippen LogP contribution in [0.1, 0.15) is 6.42 Å². The van der Waals surface area contributed by atoms with Crippen molar-refractivity contribution in [1.29, 1.82) is 0 Å². The molecule has 0 bridgehead atoms. The molecule has 0 amide bonds. The maximum atomic E-state index is 13.1. The van der Waals surface area contributed by atoms with Crippen LogP contribution in [-0.2, 0) is 0 Å². The molecular formula is C10H14FN. The Morgan fingerprint density at radius 3 is 2.50 bits per heavy atom. The zero-order valence-corrected chi connectivity index (χ0v) is 7.39. The van der Waals surface area contributed by atoms with Gasteiger partial charge in [0.15, 0.2) is 6.30 Å². The van der Waals surface area contributed by atoms with Crippen LogP contribution in [0.3, 0.4) is 0 Å². The smallest absolute Gasteiger partial charge is 0.157 e. The Hall–Kier alpha value is -0.890. The molecule has 1 atom stereocenters. The maximum Gasteiger partial charge on any atom is 0.157 e. The third kappa shape index (κ3) is 1.64. The molecule has 0 saturated carbocycles. The molecule has 0 saturated heterocycles. The second kappa shape index (κ2) is 3.68. The lowest BCUT2D eigenvalue weighted by Gasteiger charge is -2.28. The standard InChI is InChI=1S/C10H14FN/c1-4-8-6-10(11)12(3)7-9(8)5-2/h4-5,10H,1-2,6-7H2,3H3. The first kappa shape index (κ1) is 9.20. The molecule has 0 spiro atoms. The van der Waals surface area contributed by atoms with Crippen molar-refractivity contribution in [3.8, 4) is 0 Å². The minimum atomic E-state index is -0.873. The Morgan fingerprint density at radius 2 is 2.00 bits per heavy atom. The second-order valence-electron chi connectivity index (χ2n) is 3.01. The summed E-state index contributed by atoms with van der Waals surface area (Å²) >= 11 is 0. The first-order chi connectivity index (χ1) is 5.69. The highest BCUT2D eigenvalue weighted by atomic mass is 19.1. The number of allylic oxidation sites excluding steroid dienone is 1. The highest BCUT2D eigenvalue weighted by molar-refractivity contribution is 5.34. The Morgan fingerprint density at radius 1 is 1.42 bits per heavy atom. The Balaban J connectivity index is 2.89. The summed E-state index contributed by atoms with van der Waals surface area (Å²) in [6.07, 6.45) is 3.05. The summed E-state index contributed by atoms with van der Waals surface area (Å²) in [5.74, 6) is 0. The largest absolute Gasteiger partial charge is 0.272 e. The number of nitrogens with zero attached hydrogens (tertiary/aromatic N) is 1. The summed E-state index contributed by atoms with van der Waals surface area (Å²) in [6, 6.07) is 0. The molecule has 1 unspecified atom stereocenters. The van der Waals surface area contributed by atoms with Gasteiger partial charge in [0.1, 0.15) is 0 Å². The van der Waals surface area contributed by atoms with E-state index in [1.165, 1.54) is 0 Å². The third-order valence-corrected chi connectivity index (χ3v) is 2.19. The molecule has 0 radical (unpaired) electrons. The zero-order chi connectivity index (χ0) is 9.14. The molecule has 1 nitrogen and oxygen atoms in total. The summed E-state index contributed by atoms with van der Waals surface area (Å²) in [6.45, 7) is 7.97. The molecule has 0 aromatic rings. The lowest BCUT2D eigenvalue weighted by atomic mass is 10.00. The quantitative estimate of drug-likeness (QED) is 0.570. The van der Waals surface area contributed by atoms with Crippen LogP contribution < -0.4 is 0 Å². The highest BCUT2D eigenvalue weighted by Crippen LogP contribution is 2.23. The van der Waals surface area contributed by atoms with E-state index in [1.54, 1.807) is 24.1 Å². The lowest BCUT2D eigenvalue weighted by molar-refractivity contribution is 0.112. The molecule has 0 aliphatic carbocycles. The van der Waals surface area contributed by atoms with E-state index in [9.17, 15) is 4.39 Å². The first-order valence-electron chi connectivity index (χ1n) is 4.00. The van der Waals surface area contributed by atoms with Gasteiger partial charge in [0.2, 0.25) is 0 Å². The molecule has 12 heavy (non-hydrogen) atoms. The van der Waals surface area contributed by atoms with E-state index in [-0.39, 0.29) is 0 Å². The lowest BCUT2D eigenvalue weighted by Crippen LogP contribution is -2.34. The van der Waals surface area contributed by atoms with Gasteiger partial charge in [-0.25, -0.2) is 4.39 Å². The summed E-state index contributed by atoms with van der Waals surface area (Å²) in [5, 5.41) is 0. The van der Waals surface area contributed by atoms with Crippen molar-refractivity contribution in [3.05, 3.63) is 36.5 Å². The number of halogens is 1. The normalized spacial score (nSPS) is 25.7. The van der Waals surface area contributed by atoms with Crippen LogP contribution >= 0.6 is 0 Å². The average Bonchev–Trinajstić information content (AvgIpc) is 2.09. The fourth-order valence-corrected chi connectivity index (χ4v) is 1.35. The monoisotopic (exact) mass is 167 g/mol. The van der Waals surface area contributed by atoms with E-state index in [0.717, 1.165) is 11.1 Å². The number of hydrogen-bond acceptors (Lipinski definition) is 1. The molecule has 0 aromatic heterocycles. The van der Waals surface area contributed by atoms with Crippen LogP contribution in [0, 0.1) is 0 Å². The van der Waals surface area contributed by atoms with Crippen molar-refractivity contribution in [2.45, 2.75) is 12.7 Å². The Kier molecular flexibility index (Phi) is 2.82. The first-order valence-corrected chi connectivity index (χ1v) is 4.00. The van der Waals surface area contributed by atoms with Crippen molar-refractivity contribution in [3.63, 3.8) is 0 Å². The van der Waals surface area contributed by atoms with Gasteiger partial charge in [-0.05, 0) is 18.2 Å². The van der Waals surface area contributed by atoms with Crippen LogP contribution in [0.4, 0.5) is 4.39 Å². The fourth-order valence-electron chi connectivity index (χ4n) is 1.35. The van der Waals surface area contributed by atoms with Gasteiger partial charge in [-0.2, -0.15) is 0 Å². The van der Waals surface area contributed by atoms with Crippen LogP contribution in [0.25, 0.3) is 0 Å². The van der Waals surface area contributed by atoms with Crippen LogP contribution in [0.2, 0.25) is 0 Å². The topological polar surface area (TPSA) is 3.24 Å². The molecule has 1 aliphatic rings. The van der Waals surface area contributed by atoms with Crippen molar-refractivity contribution in [1.82, 2.24) is 4.90 Å². The molecule has 0 aromatic carbocycles. The van der Waals surface area contributed by atoms with E-state index < -0.39 is 6.30 Å². The minimum Gasteiger partial charge on any atom is -0.272 e. The van der Waals surface area contributed by atoms with E-state index in [0.29, 0.717) is 13.0 Å². The van der Waals surface area contributed by atoms with Crippen LogP contribution in [-0.4, -0.2) is 24.8 Å². The number of alkyl halides is 1. The van der Waals surface area contributed by atoms with Gasteiger partial charge in [-0.15, -0.1) is 0 Å². The van der Waals surface area contributed by atoms with E-state index >= 15 is 0 Å². The summed E-state index contributed by atoms with van der Waals surface area (Å²) < 4.78 is 13.1. The molecule has 1 aliphatic heterocycles. The van der Waals surface area contributed by atoms with Crippen molar-refractivity contribution in [2.24, 2.45) is 0 Å². The second-order valence-corrected chi connectivity index (χ2v) is 3.01. The molecule has 1 heterocycles. The Bertz CT molecular complexity index is 206.